The first-order chi connectivity index (χ1) is 31.9. The van der Waals surface area contributed by atoms with Crippen LogP contribution >= 0.6 is 0 Å². The fraction of sp³-hybridized carbons (Fsp3) is 0.151. The first kappa shape index (κ1) is 27.6. The molecule has 0 N–H and O–H groups in total. The molecule has 0 amide bonds. The molecule has 0 aliphatic carbocycles. The van der Waals surface area contributed by atoms with Crippen LogP contribution in [0.1, 0.15) is 63.6 Å². The van der Waals surface area contributed by atoms with Gasteiger partial charge in [-0.1, -0.05) is 138 Å². The Hall–Kier alpha value is -7.05. The highest BCUT2D eigenvalue weighted by atomic mass is 15.3. The Balaban J connectivity index is 1.30. The SMILES string of the molecule is [2H]c1c([2H])c([2H])c2c(c1[2H])c1c([2H])c([2H])c([2H])c([2H])c1n2-c1nc(-c2ccccc2-n2c3ccc(C(C)(C)C)cc3c3cc(C(C)(C)C)ccc32)nc(-n2c3ccccc3c3ccccc32)n1. The molecule has 0 fully saturated rings. The maximum absolute atomic E-state index is 9.30. The van der Waals surface area contributed by atoms with Gasteiger partial charge in [0.15, 0.2) is 5.82 Å². The lowest BCUT2D eigenvalue weighted by Crippen LogP contribution is -2.11. The van der Waals surface area contributed by atoms with Crippen LogP contribution in [0.4, 0.5) is 0 Å². The predicted molar refractivity (Wildman–Crippen MR) is 246 cm³/mol. The molecule has 6 nitrogen and oxygen atoms in total. The molecule has 286 valence electrons. The van der Waals surface area contributed by atoms with Crippen molar-refractivity contribution in [2.45, 2.75) is 52.4 Å². The average molecular weight is 773 g/mol. The van der Waals surface area contributed by atoms with E-state index in [0.717, 1.165) is 49.3 Å². The zero-order valence-electron chi connectivity index (χ0n) is 41.6. The van der Waals surface area contributed by atoms with Crippen molar-refractivity contribution in [2.75, 3.05) is 0 Å². The van der Waals surface area contributed by atoms with Crippen LogP contribution in [0.3, 0.4) is 0 Å². The Morgan fingerprint density at radius 1 is 0.407 bits per heavy atom. The van der Waals surface area contributed by atoms with Gasteiger partial charge in [-0.15, -0.1) is 0 Å². The van der Waals surface area contributed by atoms with Gasteiger partial charge in [0.2, 0.25) is 11.9 Å². The second-order valence-corrected chi connectivity index (χ2v) is 17.2. The lowest BCUT2D eigenvalue weighted by atomic mass is 9.85. The normalized spacial score (nSPS) is 14.5. The van der Waals surface area contributed by atoms with Gasteiger partial charge in [0.1, 0.15) is 0 Å². The van der Waals surface area contributed by atoms with Crippen LogP contribution in [0.25, 0.3) is 94.4 Å². The van der Waals surface area contributed by atoms with Crippen LogP contribution in [0.15, 0.2) is 158 Å². The number of hydrogen-bond acceptors (Lipinski definition) is 3. The maximum Gasteiger partial charge on any atom is 0.240 e. The molecule has 0 saturated heterocycles. The lowest BCUT2D eigenvalue weighted by molar-refractivity contribution is 0.590. The van der Waals surface area contributed by atoms with E-state index in [-0.39, 0.29) is 50.4 Å². The van der Waals surface area contributed by atoms with Crippen molar-refractivity contribution in [1.29, 1.82) is 0 Å². The van der Waals surface area contributed by atoms with Gasteiger partial charge in [-0.2, -0.15) is 15.0 Å². The summed E-state index contributed by atoms with van der Waals surface area (Å²) < 4.78 is 77.3. The Morgan fingerprint density at radius 3 is 1.37 bits per heavy atom. The molecule has 0 unspecified atom stereocenters. The van der Waals surface area contributed by atoms with Gasteiger partial charge in [-0.05, 0) is 82.6 Å². The van der Waals surface area contributed by atoms with E-state index in [9.17, 15) is 2.74 Å². The molecule has 0 saturated carbocycles. The second kappa shape index (κ2) is 12.7. The molecule has 6 heteroatoms. The van der Waals surface area contributed by atoms with Crippen molar-refractivity contribution in [3.63, 3.8) is 0 Å². The van der Waals surface area contributed by atoms with Crippen molar-refractivity contribution in [2.24, 2.45) is 0 Å². The first-order valence-electron chi connectivity index (χ1n) is 23.8. The van der Waals surface area contributed by atoms with E-state index in [1.807, 2.05) is 77.4 Å². The van der Waals surface area contributed by atoms with Crippen molar-refractivity contribution in [1.82, 2.24) is 28.7 Å². The second-order valence-electron chi connectivity index (χ2n) is 17.2. The molecule has 0 atom stereocenters. The number of aromatic nitrogens is 6. The molecule has 0 spiro atoms. The van der Waals surface area contributed by atoms with Gasteiger partial charge in [-0.3, -0.25) is 9.13 Å². The zero-order chi connectivity index (χ0) is 47.2. The van der Waals surface area contributed by atoms with Crippen molar-refractivity contribution in [3.8, 4) is 29.0 Å². The first-order valence-corrected chi connectivity index (χ1v) is 19.8. The third-order valence-electron chi connectivity index (χ3n) is 11.5. The molecular formula is C53H44N6. The van der Waals surface area contributed by atoms with E-state index in [4.69, 9.17) is 23.2 Å². The van der Waals surface area contributed by atoms with Gasteiger partial charge in [0, 0.05) is 37.9 Å². The van der Waals surface area contributed by atoms with Crippen molar-refractivity contribution < 1.29 is 11.0 Å². The highest BCUT2D eigenvalue weighted by Crippen LogP contribution is 2.40. The quantitative estimate of drug-likeness (QED) is 0.179. The largest absolute Gasteiger partial charge is 0.309 e. The summed E-state index contributed by atoms with van der Waals surface area (Å²) in [6.45, 7) is 13.3. The van der Waals surface area contributed by atoms with Crippen LogP contribution in [0.2, 0.25) is 0 Å². The highest BCUT2D eigenvalue weighted by Gasteiger charge is 2.25. The molecular weight excluding hydrogens is 721 g/mol. The van der Waals surface area contributed by atoms with E-state index < -0.39 is 48.3 Å². The van der Waals surface area contributed by atoms with Crippen molar-refractivity contribution in [3.05, 3.63) is 169 Å². The van der Waals surface area contributed by atoms with E-state index in [2.05, 4.69) is 82.5 Å². The van der Waals surface area contributed by atoms with E-state index in [1.165, 1.54) is 15.7 Å². The lowest BCUT2D eigenvalue weighted by Gasteiger charge is -2.19. The predicted octanol–water partition coefficient (Wildman–Crippen LogP) is 13.4. The summed E-state index contributed by atoms with van der Waals surface area (Å²) in [6.07, 6.45) is 0. The molecule has 0 radical (unpaired) electrons. The summed E-state index contributed by atoms with van der Waals surface area (Å²) in [5.74, 6) is 0.316. The van der Waals surface area contributed by atoms with Crippen LogP contribution in [-0.4, -0.2) is 28.7 Å². The number of nitrogens with zero attached hydrogens (tertiary/aromatic N) is 6. The minimum absolute atomic E-state index is 0.0664. The number of rotatable bonds is 4. The van der Waals surface area contributed by atoms with E-state index >= 15 is 0 Å². The Bertz CT molecular complexity index is 3740. The maximum atomic E-state index is 9.30. The summed E-state index contributed by atoms with van der Waals surface area (Å²) in [4.78, 5) is 15.6. The standard InChI is InChI=1S/C53H44N6/c1-52(2,3)33-27-29-47-40(31-33)41-32-34(53(4,5)6)28-30-48(41)57(47)46-26-16-11-21-39(46)49-54-50(58-42-22-12-7-17-35(42)36-18-8-13-23-43(36)58)56-51(55-49)59-44-24-14-9-19-37(44)38-20-10-15-25-45(38)59/h7-32H,1-6H3/i7D,8D,12D,13D,17D,18D,22D,23D. The van der Waals surface area contributed by atoms with Gasteiger partial charge < -0.3 is 4.57 Å². The van der Waals surface area contributed by atoms with E-state index in [1.54, 1.807) is 0 Å². The molecule has 7 aromatic carbocycles. The van der Waals surface area contributed by atoms with Crippen LogP contribution in [0, 0.1) is 0 Å². The molecule has 11 rings (SSSR count). The molecule has 59 heavy (non-hydrogen) atoms. The monoisotopic (exact) mass is 772 g/mol. The third kappa shape index (κ3) is 5.43. The van der Waals surface area contributed by atoms with E-state index in [0.29, 0.717) is 5.56 Å². The third-order valence-corrected chi connectivity index (χ3v) is 11.5. The zero-order valence-corrected chi connectivity index (χ0v) is 33.6. The number of fused-ring (bicyclic) bond motifs is 9. The Kier molecular flexibility index (Phi) is 5.94. The van der Waals surface area contributed by atoms with Crippen LogP contribution < -0.4 is 0 Å². The summed E-state index contributed by atoms with van der Waals surface area (Å²) in [6, 6.07) is 33.1. The molecule has 0 aliphatic rings. The Labute approximate surface area is 354 Å². The summed E-state index contributed by atoms with van der Waals surface area (Å²) >= 11 is 0. The average Bonchev–Trinajstić information content (AvgIpc) is 3.97. The van der Waals surface area contributed by atoms with Gasteiger partial charge in [-0.25, -0.2) is 0 Å². The molecule has 4 heterocycles. The number of benzene rings is 7. The minimum atomic E-state index is -0.533. The summed E-state index contributed by atoms with van der Waals surface area (Å²) in [7, 11) is 0. The van der Waals surface area contributed by atoms with Crippen molar-refractivity contribution >= 4 is 65.4 Å². The summed E-state index contributed by atoms with van der Waals surface area (Å²) in [5, 5.41) is 3.97. The molecule has 0 aliphatic heterocycles. The Morgan fingerprint density at radius 2 is 0.847 bits per heavy atom. The number of hydrogen-bond donors (Lipinski definition) is 0. The topological polar surface area (TPSA) is 53.5 Å². The van der Waals surface area contributed by atoms with Crippen LogP contribution in [0.5, 0.6) is 0 Å². The fourth-order valence-electron chi connectivity index (χ4n) is 8.51. The highest BCUT2D eigenvalue weighted by molar-refractivity contribution is 6.11. The smallest absolute Gasteiger partial charge is 0.240 e. The fourth-order valence-corrected chi connectivity index (χ4v) is 8.51. The molecule has 11 aromatic rings. The van der Waals surface area contributed by atoms with Crippen LogP contribution in [-0.2, 0) is 10.8 Å². The van der Waals surface area contributed by atoms with Gasteiger partial charge in [0.05, 0.1) is 49.8 Å². The van der Waals surface area contributed by atoms with Gasteiger partial charge >= 0.3 is 0 Å². The molecule has 4 aromatic heterocycles. The minimum Gasteiger partial charge on any atom is -0.309 e. The van der Waals surface area contributed by atoms with Gasteiger partial charge in [0.25, 0.3) is 0 Å². The molecule has 0 bridgehead atoms. The summed E-state index contributed by atoms with van der Waals surface area (Å²) in [5.41, 5.74) is 6.98. The number of para-hydroxylation sites is 5.